The fourth-order valence-corrected chi connectivity index (χ4v) is 2.51. The summed E-state index contributed by atoms with van der Waals surface area (Å²) in [4.78, 5) is 4.09. The second-order valence-electron chi connectivity index (χ2n) is 3.38. The van der Waals surface area contributed by atoms with E-state index in [1.54, 1.807) is 18.2 Å². The molecule has 0 radical (unpaired) electrons. The molecule has 0 bridgehead atoms. The first kappa shape index (κ1) is 14.6. The molecular weight excluding hydrogens is 278 g/mol. The number of aromatic nitrogens is 2. The van der Waals surface area contributed by atoms with Gasteiger partial charge in [0.2, 0.25) is 5.89 Å². The third kappa shape index (κ3) is 3.28. The maximum Gasteiger partial charge on any atom is 0.240 e. The van der Waals surface area contributed by atoms with Crippen molar-refractivity contribution in [3.63, 3.8) is 0 Å². The Morgan fingerprint density at radius 2 is 1.89 bits per heavy atom. The summed E-state index contributed by atoms with van der Waals surface area (Å²) in [6.07, 6.45) is 0. The zero-order chi connectivity index (χ0) is 12.3. The molecule has 8 heteroatoms. The average molecular weight is 290 g/mol. The minimum Gasteiger partial charge on any atom is -0.338 e. The van der Waals surface area contributed by atoms with Crippen LogP contribution in [0.4, 0.5) is 0 Å². The molecule has 0 aliphatic rings. The van der Waals surface area contributed by atoms with Crippen LogP contribution in [0.1, 0.15) is 11.7 Å². The Morgan fingerprint density at radius 3 is 2.44 bits per heavy atom. The second-order valence-corrected chi connectivity index (χ2v) is 5.37. The van der Waals surface area contributed by atoms with Crippen LogP contribution in [0.25, 0.3) is 0 Å². The lowest BCUT2D eigenvalue weighted by Gasteiger charge is -2.00. The van der Waals surface area contributed by atoms with E-state index in [-0.39, 0.29) is 41.3 Å². The van der Waals surface area contributed by atoms with Crippen molar-refractivity contribution in [3.8, 4) is 0 Å². The van der Waals surface area contributed by atoms with E-state index in [2.05, 4.69) is 10.1 Å². The number of benzene rings is 1. The highest BCUT2D eigenvalue weighted by Gasteiger charge is 2.18. The smallest absolute Gasteiger partial charge is 0.240 e. The van der Waals surface area contributed by atoms with Crippen molar-refractivity contribution in [2.24, 2.45) is 5.73 Å². The average Bonchev–Trinajstić information content (AvgIpc) is 2.77. The predicted molar refractivity (Wildman–Crippen MR) is 66.8 cm³/mol. The standard InChI is InChI=1S/C10H11N3O3S.ClH/c11-6-10-12-9(13-16-10)7-17(14,15)8-4-2-1-3-5-8;/h1-5H,6-7,11H2;1H. The molecule has 98 valence electrons. The molecule has 0 amide bonds. The fraction of sp³-hybridized carbons (Fsp3) is 0.200. The minimum absolute atomic E-state index is 0. The van der Waals surface area contributed by atoms with Gasteiger partial charge in [0.25, 0.3) is 0 Å². The molecule has 2 N–H and O–H groups in total. The first-order chi connectivity index (χ1) is 8.12. The summed E-state index contributed by atoms with van der Waals surface area (Å²) in [5.74, 6) is 0.0538. The van der Waals surface area contributed by atoms with Crippen molar-refractivity contribution in [2.45, 2.75) is 17.2 Å². The van der Waals surface area contributed by atoms with E-state index in [9.17, 15) is 8.42 Å². The van der Waals surface area contributed by atoms with Crippen LogP contribution in [0.3, 0.4) is 0 Å². The molecule has 2 rings (SSSR count). The molecule has 6 nitrogen and oxygen atoms in total. The van der Waals surface area contributed by atoms with Gasteiger partial charge in [0.1, 0.15) is 5.75 Å². The molecule has 0 spiro atoms. The summed E-state index contributed by atoms with van der Waals surface area (Å²) in [5.41, 5.74) is 5.29. The molecule has 1 heterocycles. The van der Waals surface area contributed by atoms with Crippen molar-refractivity contribution in [2.75, 3.05) is 0 Å². The number of sulfone groups is 1. The summed E-state index contributed by atoms with van der Waals surface area (Å²) < 4.78 is 28.6. The Hall–Kier alpha value is -1.44. The van der Waals surface area contributed by atoms with Gasteiger partial charge in [-0.15, -0.1) is 12.4 Å². The number of nitrogens with two attached hydrogens (primary N) is 1. The number of nitrogens with zero attached hydrogens (tertiary/aromatic N) is 2. The second kappa shape index (κ2) is 5.94. The Labute approximate surface area is 111 Å². The van der Waals surface area contributed by atoms with Gasteiger partial charge >= 0.3 is 0 Å². The molecule has 0 saturated carbocycles. The van der Waals surface area contributed by atoms with Crippen molar-refractivity contribution < 1.29 is 12.9 Å². The zero-order valence-corrected chi connectivity index (χ0v) is 10.9. The van der Waals surface area contributed by atoms with E-state index in [0.717, 1.165) is 0 Å². The topological polar surface area (TPSA) is 99.1 Å². The third-order valence-corrected chi connectivity index (χ3v) is 3.73. The Balaban J connectivity index is 0.00000162. The number of hydrogen-bond donors (Lipinski definition) is 1. The van der Waals surface area contributed by atoms with Gasteiger partial charge in [0.05, 0.1) is 11.4 Å². The first-order valence-corrected chi connectivity index (χ1v) is 6.56. The molecule has 1 aromatic heterocycles. The van der Waals surface area contributed by atoms with Gasteiger partial charge in [0, 0.05) is 0 Å². The van der Waals surface area contributed by atoms with Crippen LogP contribution in [-0.2, 0) is 22.1 Å². The lowest BCUT2D eigenvalue weighted by atomic mass is 10.4. The van der Waals surface area contributed by atoms with Crippen LogP contribution in [-0.4, -0.2) is 18.6 Å². The molecule has 0 saturated heterocycles. The van der Waals surface area contributed by atoms with Gasteiger partial charge in [-0.1, -0.05) is 23.4 Å². The summed E-state index contributed by atoms with van der Waals surface area (Å²) in [5, 5.41) is 3.55. The van der Waals surface area contributed by atoms with E-state index in [4.69, 9.17) is 10.3 Å². The molecule has 2 aromatic rings. The quantitative estimate of drug-likeness (QED) is 0.898. The van der Waals surface area contributed by atoms with Crippen LogP contribution in [0.2, 0.25) is 0 Å². The normalized spacial score (nSPS) is 10.9. The maximum atomic E-state index is 11.9. The van der Waals surface area contributed by atoms with Crippen LogP contribution < -0.4 is 5.73 Å². The number of hydrogen-bond acceptors (Lipinski definition) is 6. The van der Waals surface area contributed by atoms with Gasteiger partial charge in [-0.25, -0.2) is 8.42 Å². The summed E-state index contributed by atoms with van der Waals surface area (Å²) in [6, 6.07) is 8.13. The monoisotopic (exact) mass is 289 g/mol. The highest BCUT2D eigenvalue weighted by Crippen LogP contribution is 2.14. The third-order valence-electron chi connectivity index (χ3n) is 2.11. The maximum absolute atomic E-state index is 11.9. The SMILES string of the molecule is Cl.NCc1nc(CS(=O)(=O)c2ccccc2)no1. The molecule has 0 aliphatic carbocycles. The van der Waals surface area contributed by atoms with E-state index in [1.165, 1.54) is 12.1 Å². The van der Waals surface area contributed by atoms with Crippen LogP contribution in [0.5, 0.6) is 0 Å². The van der Waals surface area contributed by atoms with Crippen molar-refractivity contribution in [1.29, 1.82) is 0 Å². The molecule has 0 unspecified atom stereocenters. The highest BCUT2D eigenvalue weighted by atomic mass is 35.5. The van der Waals surface area contributed by atoms with Gasteiger partial charge in [-0.05, 0) is 12.1 Å². The van der Waals surface area contributed by atoms with Crippen molar-refractivity contribution >= 4 is 22.2 Å². The highest BCUT2D eigenvalue weighted by molar-refractivity contribution is 7.90. The van der Waals surface area contributed by atoms with Gasteiger partial charge in [0.15, 0.2) is 15.7 Å². The Morgan fingerprint density at radius 1 is 1.22 bits per heavy atom. The number of halogens is 1. The molecule has 0 aliphatic heterocycles. The molecule has 0 fully saturated rings. The van der Waals surface area contributed by atoms with E-state index >= 15 is 0 Å². The zero-order valence-electron chi connectivity index (χ0n) is 9.31. The first-order valence-electron chi connectivity index (χ1n) is 4.91. The van der Waals surface area contributed by atoms with E-state index in [1.807, 2.05) is 0 Å². The molecule has 1 aromatic carbocycles. The van der Waals surface area contributed by atoms with Gasteiger partial charge < -0.3 is 10.3 Å². The van der Waals surface area contributed by atoms with Gasteiger partial charge in [-0.3, -0.25) is 0 Å². The fourth-order valence-electron chi connectivity index (χ4n) is 1.31. The van der Waals surface area contributed by atoms with Crippen LogP contribution >= 0.6 is 12.4 Å². The van der Waals surface area contributed by atoms with Crippen LogP contribution in [0, 0.1) is 0 Å². The molecule has 0 atom stereocenters. The van der Waals surface area contributed by atoms with Gasteiger partial charge in [-0.2, -0.15) is 4.98 Å². The molecular formula is C10H12ClN3O3S. The van der Waals surface area contributed by atoms with Crippen LogP contribution in [0.15, 0.2) is 39.8 Å². The van der Waals surface area contributed by atoms with Crippen molar-refractivity contribution in [1.82, 2.24) is 10.1 Å². The summed E-state index contributed by atoms with van der Waals surface area (Å²) in [7, 11) is -3.43. The van der Waals surface area contributed by atoms with E-state index < -0.39 is 9.84 Å². The number of rotatable bonds is 4. The Kier molecular flexibility index (Phi) is 4.83. The predicted octanol–water partition coefficient (Wildman–Crippen LogP) is 0.924. The summed E-state index contributed by atoms with van der Waals surface area (Å²) >= 11 is 0. The van der Waals surface area contributed by atoms with E-state index in [0.29, 0.717) is 0 Å². The molecule has 18 heavy (non-hydrogen) atoms. The summed E-state index contributed by atoms with van der Waals surface area (Å²) in [6.45, 7) is 0.0956. The minimum atomic E-state index is -3.43. The van der Waals surface area contributed by atoms with Crippen molar-refractivity contribution in [3.05, 3.63) is 42.0 Å². The largest absolute Gasteiger partial charge is 0.338 e. The lowest BCUT2D eigenvalue weighted by molar-refractivity contribution is 0.376. The lowest BCUT2D eigenvalue weighted by Crippen LogP contribution is -2.06. The Bertz CT molecular complexity index is 598.